The average Bonchev–Trinajstić information content (AvgIpc) is 3.00. The highest BCUT2D eigenvalue weighted by Crippen LogP contribution is 2.34. The van der Waals surface area contributed by atoms with E-state index in [0.717, 1.165) is 10.1 Å². The quantitative estimate of drug-likeness (QED) is 0.686. The van der Waals surface area contributed by atoms with Crippen LogP contribution in [0.1, 0.15) is 30.4 Å². The van der Waals surface area contributed by atoms with Crippen molar-refractivity contribution in [1.82, 2.24) is 4.98 Å². The van der Waals surface area contributed by atoms with Gasteiger partial charge in [-0.15, -0.1) is 11.3 Å². The second-order valence-corrected chi connectivity index (χ2v) is 7.86. The molecule has 0 bridgehead atoms. The molecule has 0 radical (unpaired) electrons. The smallest absolute Gasteiger partial charge is 0.412 e. The van der Waals surface area contributed by atoms with Gasteiger partial charge in [0.1, 0.15) is 11.4 Å². The van der Waals surface area contributed by atoms with Crippen molar-refractivity contribution < 1.29 is 19.1 Å². The van der Waals surface area contributed by atoms with E-state index in [1.807, 2.05) is 0 Å². The Hall–Kier alpha value is -3.13. The largest absolute Gasteiger partial charge is 0.455 e. The summed E-state index contributed by atoms with van der Waals surface area (Å²) in [6.45, 7) is 5.39. The summed E-state index contributed by atoms with van der Waals surface area (Å²) in [4.78, 5) is 27.8. The predicted octanol–water partition coefficient (Wildman–Crippen LogP) is 4.53. The van der Waals surface area contributed by atoms with Gasteiger partial charge in [-0.3, -0.25) is 15.1 Å². The van der Waals surface area contributed by atoms with E-state index in [1.54, 1.807) is 63.5 Å². The van der Waals surface area contributed by atoms with Crippen LogP contribution in [0.2, 0.25) is 0 Å². The van der Waals surface area contributed by atoms with E-state index in [1.165, 1.54) is 11.3 Å². The van der Waals surface area contributed by atoms with E-state index in [2.05, 4.69) is 10.3 Å². The fraction of sp³-hybridized carbons (Fsp3) is 0.211. The Bertz CT molecular complexity index is 990. The van der Waals surface area contributed by atoms with Gasteiger partial charge >= 0.3 is 6.09 Å². The Balaban J connectivity index is 1.74. The molecule has 3 rings (SSSR count). The van der Waals surface area contributed by atoms with Gasteiger partial charge in [-0.25, -0.2) is 4.79 Å². The number of nitrogens with two attached hydrogens (primary N) is 1. The van der Waals surface area contributed by atoms with Gasteiger partial charge in [0.25, 0.3) is 5.91 Å². The topological polar surface area (TPSA) is 104 Å². The van der Waals surface area contributed by atoms with Crippen LogP contribution in [0.4, 0.5) is 10.5 Å². The zero-order valence-electron chi connectivity index (χ0n) is 15.1. The number of nitrogens with one attached hydrogen (secondary N) is 1. The van der Waals surface area contributed by atoms with E-state index >= 15 is 0 Å². The third-order valence-electron chi connectivity index (χ3n) is 3.38. The molecular weight excluding hydrogens is 366 g/mol. The number of hydrogen-bond donors (Lipinski definition) is 2. The zero-order valence-corrected chi connectivity index (χ0v) is 15.9. The normalized spacial score (nSPS) is 11.2. The third kappa shape index (κ3) is 4.73. The molecule has 0 aliphatic heterocycles. The first kappa shape index (κ1) is 18.7. The van der Waals surface area contributed by atoms with Gasteiger partial charge < -0.3 is 15.2 Å². The Morgan fingerprint density at radius 2 is 1.85 bits per heavy atom. The number of rotatable bonds is 4. The van der Waals surface area contributed by atoms with Gasteiger partial charge in [0.05, 0.1) is 15.8 Å². The number of thiophene rings is 1. The number of fused-ring (bicyclic) bond motifs is 1. The minimum absolute atomic E-state index is 0.444. The lowest BCUT2D eigenvalue weighted by Crippen LogP contribution is -2.27. The molecule has 1 aromatic carbocycles. The summed E-state index contributed by atoms with van der Waals surface area (Å²) in [5.74, 6) is 0.592. The molecule has 0 fully saturated rings. The molecule has 2 amide bonds. The van der Waals surface area contributed by atoms with Crippen molar-refractivity contribution in [3.05, 3.63) is 47.6 Å². The molecule has 3 aromatic rings. The van der Waals surface area contributed by atoms with Crippen LogP contribution in [0, 0.1) is 0 Å². The second-order valence-electron chi connectivity index (χ2n) is 6.78. The molecule has 7 nitrogen and oxygen atoms in total. The van der Waals surface area contributed by atoms with E-state index in [-0.39, 0.29) is 0 Å². The molecule has 27 heavy (non-hydrogen) atoms. The molecule has 0 atom stereocenters. The van der Waals surface area contributed by atoms with Crippen molar-refractivity contribution in [3.8, 4) is 11.5 Å². The van der Waals surface area contributed by atoms with Crippen LogP contribution < -0.4 is 15.8 Å². The molecule has 0 spiro atoms. The Labute approximate surface area is 160 Å². The summed E-state index contributed by atoms with van der Waals surface area (Å²) < 4.78 is 11.9. The summed E-state index contributed by atoms with van der Waals surface area (Å²) in [5, 5.41) is 3.42. The van der Waals surface area contributed by atoms with Gasteiger partial charge in [-0.05, 0) is 51.1 Å². The maximum absolute atomic E-state index is 11.8. The summed E-state index contributed by atoms with van der Waals surface area (Å²) in [6.07, 6.45) is 2.71. The summed E-state index contributed by atoms with van der Waals surface area (Å²) >= 11 is 1.27. The van der Waals surface area contributed by atoms with Gasteiger partial charge in [0, 0.05) is 17.3 Å². The number of carbonyl (C=O) groups is 2. The van der Waals surface area contributed by atoms with E-state index in [0.29, 0.717) is 22.1 Å². The predicted molar refractivity (Wildman–Crippen MR) is 105 cm³/mol. The molecule has 0 aliphatic rings. The highest BCUT2D eigenvalue weighted by Gasteiger charge is 2.16. The van der Waals surface area contributed by atoms with Gasteiger partial charge in [-0.2, -0.15) is 0 Å². The number of amides is 2. The highest BCUT2D eigenvalue weighted by molar-refractivity contribution is 7.20. The second kappa shape index (κ2) is 7.24. The van der Waals surface area contributed by atoms with Gasteiger partial charge in [0.2, 0.25) is 0 Å². The number of aromatic nitrogens is 1. The molecule has 0 unspecified atom stereocenters. The monoisotopic (exact) mass is 385 g/mol. The molecule has 2 heterocycles. The fourth-order valence-corrected chi connectivity index (χ4v) is 3.19. The first-order valence-corrected chi connectivity index (χ1v) is 8.98. The molecular formula is C19H19N3O4S. The van der Waals surface area contributed by atoms with Gasteiger partial charge in [-0.1, -0.05) is 0 Å². The first-order chi connectivity index (χ1) is 12.7. The van der Waals surface area contributed by atoms with Crippen LogP contribution in [-0.2, 0) is 4.74 Å². The molecule has 140 valence electrons. The lowest BCUT2D eigenvalue weighted by Gasteiger charge is -2.19. The van der Waals surface area contributed by atoms with Crippen LogP contribution in [0.3, 0.4) is 0 Å². The van der Waals surface area contributed by atoms with Gasteiger partial charge in [0.15, 0.2) is 5.75 Å². The number of benzene rings is 1. The van der Waals surface area contributed by atoms with Crippen LogP contribution in [0.25, 0.3) is 10.1 Å². The Morgan fingerprint density at radius 1 is 1.15 bits per heavy atom. The maximum Gasteiger partial charge on any atom is 0.412 e. The van der Waals surface area contributed by atoms with Crippen molar-refractivity contribution in [1.29, 1.82) is 0 Å². The van der Waals surface area contributed by atoms with Crippen molar-refractivity contribution in [2.24, 2.45) is 5.73 Å². The lowest BCUT2D eigenvalue weighted by atomic mass is 10.2. The van der Waals surface area contributed by atoms with Crippen molar-refractivity contribution in [2.45, 2.75) is 26.4 Å². The first-order valence-electron chi connectivity index (χ1n) is 8.16. The van der Waals surface area contributed by atoms with Crippen LogP contribution in [0.15, 0.2) is 42.7 Å². The fourth-order valence-electron chi connectivity index (χ4n) is 2.29. The minimum atomic E-state index is -0.566. The number of ether oxygens (including phenoxy) is 2. The molecule has 2 aromatic heterocycles. The lowest BCUT2D eigenvalue weighted by molar-refractivity contribution is 0.0635. The maximum atomic E-state index is 11.8. The minimum Gasteiger partial charge on any atom is -0.455 e. The number of nitrogens with zero attached hydrogens (tertiary/aromatic N) is 1. The molecule has 0 saturated heterocycles. The van der Waals surface area contributed by atoms with Crippen molar-refractivity contribution >= 4 is 39.1 Å². The Kier molecular flexibility index (Phi) is 5.00. The molecule has 0 aliphatic carbocycles. The SMILES string of the molecule is CC(C)(C)OC(=O)Nc1ccc(Oc2cncc3sc(C(N)=O)cc23)cc1. The summed E-state index contributed by atoms with van der Waals surface area (Å²) in [7, 11) is 0. The van der Waals surface area contributed by atoms with Crippen molar-refractivity contribution in [3.63, 3.8) is 0 Å². The number of pyridine rings is 1. The van der Waals surface area contributed by atoms with E-state index in [4.69, 9.17) is 15.2 Å². The zero-order chi connectivity index (χ0) is 19.6. The van der Waals surface area contributed by atoms with Crippen LogP contribution in [0.5, 0.6) is 11.5 Å². The third-order valence-corrected chi connectivity index (χ3v) is 4.46. The van der Waals surface area contributed by atoms with E-state index in [9.17, 15) is 9.59 Å². The van der Waals surface area contributed by atoms with Crippen molar-refractivity contribution in [2.75, 3.05) is 5.32 Å². The Morgan fingerprint density at radius 3 is 2.48 bits per heavy atom. The average molecular weight is 385 g/mol. The molecule has 8 heteroatoms. The van der Waals surface area contributed by atoms with Crippen LogP contribution in [-0.4, -0.2) is 22.6 Å². The summed E-state index contributed by atoms with van der Waals surface area (Å²) in [6, 6.07) is 8.53. The standard InChI is InChI=1S/C19H19N3O4S/c1-19(2,3)26-18(24)22-11-4-6-12(7-5-11)25-14-9-21-10-16-13(14)8-15(27-16)17(20)23/h4-10H,1-3H3,(H2,20,23)(H,22,24). The number of carbonyl (C=O) groups excluding carboxylic acids is 2. The molecule has 0 saturated carbocycles. The van der Waals surface area contributed by atoms with E-state index < -0.39 is 17.6 Å². The highest BCUT2D eigenvalue weighted by atomic mass is 32.1. The van der Waals surface area contributed by atoms with Crippen LogP contribution >= 0.6 is 11.3 Å². The summed E-state index contributed by atoms with van der Waals surface area (Å²) in [5.41, 5.74) is 5.36. The number of primary amides is 1. The number of anilines is 1. The molecule has 3 N–H and O–H groups in total. The number of hydrogen-bond acceptors (Lipinski definition) is 6.